The molecule has 0 spiro atoms. The zero-order valence-electron chi connectivity index (χ0n) is 27.4. The Morgan fingerprint density at radius 2 is 1.31 bits per heavy atom. The van der Waals surface area contributed by atoms with Crippen molar-refractivity contribution in [3.8, 4) is 43.8 Å². The first-order chi connectivity index (χ1) is 25.7. The van der Waals surface area contributed by atoms with E-state index in [1.807, 2.05) is 48.2 Å². The van der Waals surface area contributed by atoms with Gasteiger partial charge in [-0.15, -0.1) is 34.4 Å². The molecule has 7 heteroatoms. The monoisotopic (exact) mass is 722 g/mol. The van der Waals surface area contributed by atoms with E-state index in [9.17, 15) is 0 Å². The number of thiophene rings is 1. The number of para-hydroxylation sites is 4. The molecule has 52 heavy (non-hydrogen) atoms. The van der Waals surface area contributed by atoms with E-state index in [0.717, 1.165) is 75.7 Å². The first-order valence-electron chi connectivity index (χ1n) is 17.1. The van der Waals surface area contributed by atoms with Crippen LogP contribution >= 0.6 is 34.4 Å². The Labute approximate surface area is 310 Å². The van der Waals surface area contributed by atoms with Crippen LogP contribution in [0.3, 0.4) is 0 Å². The third kappa shape index (κ3) is 4.88. The Balaban J connectivity index is 1.31. The summed E-state index contributed by atoms with van der Waals surface area (Å²) in [4.78, 5) is 12.9. The largest absolute Gasteiger partial charge is 0.456 e. The number of fused-ring (bicyclic) bond motifs is 5. The molecule has 4 nitrogen and oxygen atoms in total. The molecule has 11 rings (SSSR count). The first kappa shape index (κ1) is 29.9. The van der Waals surface area contributed by atoms with Gasteiger partial charge in [0, 0.05) is 42.1 Å². The molecule has 246 valence electrons. The standard InChI is InChI=1S/C45H26N2O2S3/c1-6-16-33-27(12-1)23-35(48-33)41-29(38-22-21-26-11-2-8-18-36(26)50-38)25-30(44-46-31-14-4-7-17-34(31)49-44)42(40-24-28-13-3-9-19-37(28)51-40)43(41)45-47-32-15-5-10-20-39(32)52-45/h1-25,38H. The second kappa shape index (κ2) is 11.9. The number of aromatic nitrogens is 2. The highest BCUT2D eigenvalue weighted by atomic mass is 32.2. The number of thiazole rings is 1. The number of thioether (sulfide) groups is 1. The van der Waals surface area contributed by atoms with Crippen molar-refractivity contribution in [1.82, 2.24) is 9.97 Å². The quantitative estimate of drug-likeness (QED) is 0.177. The molecule has 0 N–H and O–H groups in total. The molecule has 0 saturated carbocycles. The van der Waals surface area contributed by atoms with Crippen molar-refractivity contribution in [1.29, 1.82) is 0 Å². The Hall–Kier alpha value is -5.73. The number of benzene rings is 6. The molecular weight excluding hydrogens is 697 g/mol. The highest BCUT2D eigenvalue weighted by Crippen LogP contribution is 2.55. The van der Waals surface area contributed by atoms with Crippen molar-refractivity contribution in [3.05, 3.63) is 157 Å². The van der Waals surface area contributed by atoms with E-state index in [1.54, 1.807) is 22.7 Å². The van der Waals surface area contributed by atoms with Crippen LogP contribution in [0.15, 0.2) is 159 Å². The summed E-state index contributed by atoms with van der Waals surface area (Å²) in [5.41, 5.74) is 9.76. The van der Waals surface area contributed by atoms with E-state index in [4.69, 9.17) is 18.8 Å². The van der Waals surface area contributed by atoms with E-state index in [2.05, 4.69) is 115 Å². The highest BCUT2D eigenvalue weighted by molar-refractivity contribution is 7.99. The van der Waals surface area contributed by atoms with E-state index in [-0.39, 0.29) is 5.25 Å². The summed E-state index contributed by atoms with van der Waals surface area (Å²) in [5, 5.41) is 3.15. The SMILES string of the molecule is C1=CC(c2cc(-c3nc4ccccc4o3)c(-c3cc4ccccc4s3)c(-c3nc4ccccc4s3)c2-c2cc3ccccc3o2)Sc2ccccc21. The van der Waals surface area contributed by atoms with Crippen LogP contribution in [0.5, 0.6) is 0 Å². The van der Waals surface area contributed by atoms with Gasteiger partial charge in [-0.2, -0.15) is 0 Å². The van der Waals surface area contributed by atoms with Crippen molar-refractivity contribution >= 4 is 82.9 Å². The zero-order chi connectivity index (χ0) is 34.2. The number of hydrogen-bond donors (Lipinski definition) is 0. The Morgan fingerprint density at radius 1 is 0.558 bits per heavy atom. The lowest BCUT2D eigenvalue weighted by atomic mass is 9.87. The maximum atomic E-state index is 6.84. The summed E-state index contributed by atoms with van der Waals surface area (Å²) in [7, 11) is 0. The van der Waals surface area contributed by atoms with E-state index in [1.165, 1.54) is 20.5 Å². The van der Waals surface area contributed by atoms with Crippen molar-refractivity contribution in [3.63, 3.8) is 0 Å². The molecule has 1 atom stereocenters. The molecule has 0 saturated heterocycles. The number of hydrogen-bond acceptors (Lipinski definition) is 7. The summed E-state index contributed by atoms with van der Waals surface area (Å²) in [6.45, 7) is 0. The molecule has 0 radical (unpaired) electrons. The Kier molecular flexibility index (Phi) is 6.87. The van der Waals surface area contributed by atoms with Crippen LogP contribution in [0, 0.1) is 0 Å². The summed E-state index contributed by atoms with van der Waals surface area (Å²) >= 11 is 5.35. The predicted molar refractivity (Wildman–Crippen MR) is 218 cm³/mol. The van der Waals surface area contributed by atoms with Crippen LogP contribution in [0.25, 0.3) is 92.2 Å². The first-order valence-corrected chi connectivity index (χ1v) is 19.6. The molecule has 0 fully saturated rings. The summed E-state index contributed by atoms with van der Waals surface area (Å²) in [6, 6.07) is 48.6. The van der Waals surface area contributed by atoms with Crippen molar-refractivity contribution < 1.29 is 8.83 Å². The van der Waals surface area contributed by atoms with Gasteiger partial charge in [-0.05, 0) is 77.2 Å². The predicted octanol–water partition coefficient (Wildman–Crippen LogP) is 13.9. The van der Waals surface area contributed by atoms with Gasteiger partial charge in [0.1, 0.15) is 21.9 Å². The molecular formula is C45H26N2O2S3. The van der Waals surface area contributed by atoms with Crippen molar-refractivity contribution in [2.24, 2.45) is 0 Å². The maximum Gasteiger partial charge on any atom is 0.228 e. The summed E-state index contributed by atoms with van der Waals surface area (Å²) in [5.74, 6) is 1.39. The molecule has 0 aliphatic carbocycles. The molecule has 5 heterocycles. The second-order valence-electron chi connectivity index (χ2n) is 12.8. The zero-order valence-corrected chi connectivity index (χ0v) is 29.9. The second-order valence-corrected chi connectivity index (χ2v) is 16.1. The molecule has 1 aliphatic heterocycles. The normalized spacial score (nSPS) is 14.2. The Morgan fingerprint density at radius 3 is 2.15 bits per heavy atom. The molecule has 4 aromatic heterocycles. The van der Waals surface area contributed by atoms with Gasteiger partial charge in [-0.3, -0.25) is 0 Å². The van der Waals surface area contributed by atoms with E-state index >= 15 is 0 Å². The van der Waals surface area contributed by atoms with Gasteiger partial charge in [0.2, 0.25) is 5.89 Å². The topological polar surface area (TPSA) is 52.1 Å². The minimum Gasteiger partial charge on any atom is -0.456 e. The lowest BCUT2D eigenvalue weighted by molar-refractivity contribution is 0.619. The number of nitrogens with zero attached hydrogens (tertiary/aromatic N) is 2. The van der Waals surface area contributed by atoms with Crippen LogP contribution in [0.2, 0.25) is 0 Å². The van der Waals surface area contributed by atoms with E-state index in [0.29, 0.717) is 5.89 Å². The van der Waals surface area contributed by atoms with Gasteiger partial charge < -0.3 is 8.83 Å². The van der Waals surface area contributed by atoms with Gasteiger partial charge in [0.25, 0.3) is 0 Å². The van der Waals surface area contributed by atoms with Crippen LogP contribution in [0.4, 0.5) is 0 Å². The lowest BCUT2D eigenvalue weighted by Crippen LogP contribution is -2.03. The number of oxazole rings is 1. The van der Waals surface area contributed by atoms with Gasteiger partial charge in [0.15, 0.2) is 5.58 Å². The third-order valence-electron chi connectivity index (χ3n) is 9.66. The van der Waals surface area contributed by atoms with Crippen LogP contribution in [-0.4, -0.2) is 9.97 Å². The maximum absolute atomic E-state index is 6.84. The summed E-state index contributed by atoms with van der Waals surface area (Å²) < 4.78 is 15.8. The fourth-order valence-electron chi connectivity index (χ4n) is 7.27. The third-order valence-corrected chi connectivity index (χ3v) is 13.1. The Bertz CT molecular complexity index is 2900. The average Bonchev–Trinajstić information content (AvgIpc) is 4.00. The molecule has 1 aliphatic rings. The van der Waals surface area contributed by atoms with Crippen LogP contribution in [-0.2, 0) is 0 Å². The fourth-order valence-corrected chi connectivity index (χ4v) is 10.6. The molecule has 0 bridgehead atoms. The van der Waals surface area contributed by atoms with E-state index < -0.39 is 0 Å². The minimum atomic E-state index is -0.0224. The molecule has 0 amide bonds. The van der Waals surface area contributed by atoms with Crippen LogP contribution in [0.1, 0.15) is 16.4 Å². The lowest BCUT2D eigenvalue weighted by Gasteiger charge is -2.25. The average molecular weight is 723 g/mol. The fraction of sp³-hybridized carbons (Fsp3) is 0.0222. The molecule has 6 aromatic carbocycles. The van der Waals surface area contributed by atoms with Gasteiger partial charge >= 0.3 is 0 Å². The number of rotatable bonds is 5. The van der Waals surface area contributed by atoms with Crippen molar-refractivity contribution in [2.45, 2.75) is 10.1 Å². The molecule has 1 unspecified atom stereocenters. The van der Waals surface area contributed by atoms with Crippen LogP contribution < -0.4 is 0 Å². The molecule has 10 aromatic rings. The highest BCUT2D eigenvalue weighted by Gasteiger charge is 2.32. The van der Waals surface area contributed by atoms with Gasteiger partial charge in [0.05, 0.1) is 15.5 Å². The van der Waals surface area contributed by atoms with Gasteiger partial charge in [-0.1, -0.05) is 91.0 Å². The minimum absolute atomic E-state index is 0.0224. The van der Waals surface area contributed by atoms with Gasteiger partial charge in [-0.25, -0.2) is 9.97 Å². The summed E-state index contributed by atoms with van der Waals surface area (Å²) in [6.07, 6.45) is 4.56. The smallest absolute Gasteiger partial charge is 0.228 e. The number of furan rings is 1. The van der Waals surface area contributed by atoms with Crippen molar-refractivity contribution in [2.75, 3.05) is 0 Å².